The summed E-state index contributed by atoms with van der Waals surface area (Å²) >= 11 is 0. The van der Waals surface area contributed by atoms with E-state index in [2.05, 4.69) is 34.8 Å². The van der Waals surface area contributed by atoms with Gasteiger partial charge >= 0.3 is 0 Å². The van der Waals surface area contributed by atoms with E-state index in [9.17, 15) is 0 Å². The third kappa shape index (κ3) is 3.94. The molecule has 1 saturated heterocycles. The highest BCUT2D eigenvalue weighted by atomic mass is 15.3. The zero-order chi connectivity index (χ0) is 13.7. The largest absolute Gasteiger partial charge is 0.370 e. The molecule has 0 unspecified atom stereocenters. The molecule has 4 heteroatoms. The summed E-state index contributed by atoms with van der Waals surface area (Å²) in [5.74, 6) is 1.47. The van der Waals surface area contributed by atoms with Crippen molar-refractivity contribution < 1.29 is 0 Å². The monoisotopic (exact) mass is 260 g/mol. The number of aryl methyl sites for hydroxylation is 1. The number of nitrogens with zero attached hydrogens (tertiary/aromatic N) is 3. The zero-order valence-electron chi connectivity index (χ0n) is 12.0. The first-order chi connectivity index (χ1) is 9.19. The van der Waals surface area contributed by atoms with Crippen molar-refractivity contribution in [3.63, 3.8) is 0 Å². The van der Waals surface area contributed by atoms with E-state index in [1.54, 1.807) is 0 Å². The first-order valence-corrected chi connectivity index (χ1v) is 7.17. The van der Waals surface area contributed by atoms with Crippen LogP contribution < -0.4 is 5.73 Å². The summed E-state index contributed by atoms with van der Waals surface area (Å²) < 4.78 is 0. The molecule has 2 heterocycles. The Morgan fingerprint density at radius 3 is 2.89 bits per heavy atom. The summed E-state index contributed by atoms with van der Waals surface area (Å²) in [7, 11) is 0. The number of piperidine rings is 1. The molecule has 2 rings (SSSR count). The van der Waals surface area contributed by atoms with Crippen LogP contribution in [0.1, 0.15) is 37.9 Å². The van der Waals surface area contributed by atoms with Gasteiger partial charge in [-0.2, -0.15) is 0 Å². The van der Waals surface area contributed by atoms with Crippen molar-refractivity contribution in [1.82, 2.24) is 9.88 Å². The predicted molar refractivity (Wildman–Crippen MR) is 78.9 cm³/mol. The molecule has 19 heavy (non-hydrogen) atoms. The first kappa shape index (κ1) is 13.8. The SMILES string of the molecule is CCc1ccnc(CN=C(N)N2CCC(C)CC2)c1. The molecule has 1 aromatic heterocycles. The number of rotatable bonds is 3. The van der Waals surface area contributed by atoms with Gasteiger partial charge in [-0.05, 0) is 42.9 Å². The molecule has 0 radical (unpaired) electrons. The Morgan fingerprint density at radius 2 is 2.21 bits per heavy atom. The zero-order valence-corrected chi connectivity index (χ0v) is 12.0. The number of hydrogen-bond acceptors (Lipinski definition) is 2. The number of nitrogens with two attached hydrogens (primary N) is 1. The summed E-state index contributed by atoms with van der Waals surface area (Å²) in [6, 6.07) is 4.15. The van der Waals surface area contributed by atoms with Crippen LogP contribution >= 0.6 is 0 Å². The maximum Gasteiger partial charge on any atom is 0.191 e. The molecular weight excluding hydrogens is 236 g/mol. The minimum atomic E-state index is 0.575. The van der Waals surface area contributed by atoms with E-state index in [1.165, 1.54) is 18.4 Å². The van der Waals surface area contributed by atoms with Crippen LogP contribution in [0.25, 0.3) is 0 Å². The van der Waals surface area contributed by atoms with E-state index >= 15 is 0 Å². The van der Waals surface area contributed by atoms with Gasteiger partial charge in [0.25, 0.3) is 0 Å². The molecule has 0 saturated carbocycles. The topological polar surface area (TPSA) is 54.5 Å². The summed E-state index contributed by atoms with van der Waals surface area (Å²) in [5, 5.41) is 0. The van der Waals surface area contributed by atoms with Crippen molar-refractivity contribution >= 4 is 5.96 Å². The van der Waals surface area contributed by atoms with Crippen LogP contribution in [0.2, 0.25) is 0 Å². The van der Waals surface area contributed by atoms with Gasteiger partial charge in [-0.15, -0.1) is 0 Å². The molecule has 2 N–H and O–H groups in total. The smallest absolute Gasteiger partial charge is 0.191 e. The molecular formula is C15H24N4. The van der Waals surface area contributed by atoms with Crippen LogP contribution in [0.3, 0.4) is 0 Å². The van der Waals surface area contributed by atoms with E-state index in [0.717, 1.165) is 31.1 Å². The summed E-state index contributed by atoms with van der Waals surface area (Å²) in [6.45, 7) is 7.07. The number of pyridine rings is 1. The number of aliphatic imine (C=N–C) groups is 1. The van der Waals surface area contributed by atoms with E-state index < -0.39 is 0 Å². The van der Waals surface area contributed by atoms with Gasteiger partial charge in [-0.3, -0.25) is 4.98 Å². The Balaban J connectivity index is 1.93. The van der Waals surface area contributed by atoms with Gasteiger partial charge in [0.2, 0.25) is 0 Å². The third-order valence-electron chi connectivity index (χ3n) is 3.80. The van der Waals surface area contributed by atoms with Gasteiger partial charge in [-0.25, -0.2) is 4.99 Å². The summed E-state index contributed by atoms with van der Waals surface area (Å²) in [6.07, 6.45) is 5.29. The lowest BCUT2D eigenvalue weighted by Gasteiger charge is -2.31. The molecule has 1 aliphatic rings. The van der Waals surface area contributed by atoms with Gasteiger partial charge in [0.15, 0.2) is 5.96 Å². The Bertz CT molecular complexity index is 434. The van der Waals surface area contributed by atoms with Crippen molar-refractivity contribution in [3.05, 3.63) is 29.6 Å². The fourth-order valence-corrected chi connectivity index (χ4v) is 2.33. The van der Waals surface area contributed by atoms with Crippen LogP contribution in [-0.2, 0) is 13.0 Å². The average Bonchev–Trinajstić information content (AvgIpc) is 2.46. The normalized spacial score (nSPS) is 17.8. The maximum absolute atomic E-state index is 6.06. The quantitative estimate of drug-likeness (QED) is 0.669. The lowest BCUT2D eigenvalue weighted by molar-refractivity contribution is 0.277. The summed E-state index contributed by atoms with van der Waals surface area (Å²) in [5.41, 5.74) is 8.35. The molecule has 0 bridgehead atoms. The van der Waals surface area contributed by atoms with Crippen molar-refractivity contribution in [2.24, 2.45) is 16.6 Å². The maximum atomic E-state index is 6.06. The fraction of sp³-hybridized carbons (Fsp3) is 0.600. The van der Waals surface area contributed by atoms with Crippen molar-refractivity contribution in [3.8, 4) is 0 Å². The van der Waals surface area contributed by atoms with E-state index in [1.807, 2.05) is 12.3 Å². The highest BCUT2D eigenvalue weighted by Gasteiger charge is 2.16. The van der Waals surface area contributed by atoms with E-state index in [0.29, 0.717) is 12.5 Å². The fourth-order valence-electron chi connectivity index (χ4n) is 2.33. The van der Waals surface area contributed by atoms with Crippen LogP contribution in [0.4, 0.5) is 0 Å². The van der Waals surface area contributed by atoms with Crippen molar-refractivity contribution in [2.75, 3.05) is 13.1 Å². The van der Waals surface area contributed by atoms with Crippen LogP contribution in [0, 0.1) is 5.92 Å². The second-order valence-corrected chi connectivity index (χ2v) is 5.35. The van der Waals surface area contributed by atoms with Crippen LogP contribution in [0.5, 0.6) is 0 Å². The van der Waals surface area contributed by atoms with E-state index in [4.69, 9.17) is 5.73 Å². The summed E-state index contributed by atoms with van der Waals surface area (Å²) in [4.78, 5) is 11.0. The second-order valence-electron chi connectivity index (χ2n) is 5.35. The molecule has 0 aromatic carbocycles. The van der Waals surface area contributed by atoms with Gasteiger partial charge < -0.3 is 10.6 Å². The Morgan fingerprint density at radius 1 is 1.47 bits per heavy atom. The highest BCUT2D eigenvalue weighted by molar-refractivity contribution is 5.78. The van der Waals surface area contributed by atoms with Crippen LogP contribution in [-0.4, -0.2) is 28.9 Å². The molecule has 4 nitrogen and oxygen atoms in total. The lowest BCUT2D eigenvalue weighted by Crippen LogP contribution is -2.42. The minimum absolute atomic E-state index is 0.575. The number of aromatic nitrogens is 1. The molecule has 1 aliphatic heterocycles. The molecule has 104 valence electrons. The first-order valence-electron chi connectivity index (χ1n) is 7.17. The molecule has 0 amide bonds. The van der Waals surface area contributed by atoms with Crippen molar-refractivity contribution in [2.45, 2.75) is 39.7 Å². The third-order valence-corrected chi connectivity index (χ3v) is 3.80. The lowest BCUT2D eigenvalue weighted by atomic mass is 10.00. The van der Waals surface area contributed by atoms with Gasteiger partial charge in [0, 0.05) is 19.3 Å². The Kier molecular flexibility index (Phi) is 4.77. The highest BCUT2D eigenvalue weighted by Crippen LogP contribution is 2.15. The number of hydrogen-bond donors (Lipinski definition) is 1. The van der Waals surface area contributed by atoms with E-state index in [-0.39, 0.29) is 0 Å². The Labute approximate surface area is 115 Å². The van der Waals surface area contributed by atoms with Gasteiger partial charge in [0.05, 0.1) is 12.2 Å². The minimum Gasteiger partial charge on any atom is -0.370 e. The Hall–Kier alpha value is -1.58. The second kappa shape index (κ2) is 6.55. The average molecular weight is 260 g/mol. The van der Waals surface area contributed by atoms with Gasteiger partial charge in [0.1, 0.15) is 0 Å². The standard InChI is InChI=1S/C15H24N4/c1-3-13-4-7-17-14(10-13)11-18-15(16)19-8-5-12(2)6-9-19/h4,7,10,12H,3,5-6,8-9,11H2,1-2H3,(H2,16,18). The van der Waals surface area contributed by atoms with Gasteiger partial charge in [-0.1, -0.05) is 13.8 Å². The molecule has 0 atom stereocenters. The molecule has 1 fully saturated rings. The van der Waals surface area contributed by atoms with Crippen LogP contribution in [0.15, 0.2) is 23.3 Å². The number of likely N-dealkylation sites (tertiary alicyclic amines) is 1. The van der Waals surface area contributed by atoms with Crippen molar-refractivity contribution in [1.29, 1.82) is 0 Å². The molecule has 0 aliphatic carbocycles. The predicted octanol–water partition coefficient (Wildman–Crippen LogP) is 2.19. The molecule has 0 spiro atoms. The number of guanidine groups is 1. The molecule has 1 aromatic rings.